The summed E-state index contributed by atoms with van der Waals surface area (Å²) in [6.45, 7) is 0. The van der Waals surface area contributed by atoms with Gasteiger partial charge in [0.1, 0.15) is 0 Å². The number of nitrogens with zero attached hydrogens (tertiary/aromatic N) is 2. The third kappa shape index (κ3) is 3.69. The lowest BCUT2D eigenvalue weighted by Gasteiger charge is -2.09. The van der Waals surface area contributed by atoms with Crippen molar-refractivity contribution in [2.24, 2.45) is 0 Å². The largest absolute Gasteiger partial charge is 0.416 e. The molecule has 2 rings (SSSR count). The smallest absolute Gasteiger partial charge is 0.307 e. The first kappa shape index (κ1) is 15.2. The average Bonchev–Trinajstić information content (AvgIpc) is 2.41. The molecule has 21 heavy (non-hydrogen) atoms. The molecule has 1 N–H and O–H groups in total. The number of hydrogen-bond acceptors (Lipinski definition) is 3. The molecule has 0 aliphatic carbocycles. The van der Waals surface area contributed by atoms with Gasteiger partial charge in [-0.2, -0.15) is 18.2 Å². The van der Waals surface area contributed by atoms with E-state index in [0.29, 0.717) is 9.04 Å². The van der Waals surface area contributed by atoms with Crippen molar-refractivity contribution in [1.29, 1.82) is 0 Å². The van der Waals surface area contributed by atoms with Gasteiger partial charge in [-0.1, -0.05) is 0 Å². The molecule has 2 aromatic rings. The molecule has 1 aromatic carbocycles. The molecule has 9 heteroatoms. The van der Waals surface area contributed by atoms with E-state index in [0.717, 1.165) is 24.3 Å². The first-order valence-corrected chi connectivity index (χ1v) is 6.29. The average molecular weight is 362 g/mol. The Hall–Kier alpha value is -2.16. The molecule has 0 unspecified atom stereocenters. The van der Waals surface area contributed by atoms with Crippen LogP contribution in [0.4, 0.5) is 23.7 Å². The summed E-state index contributed by atoms with van der Waals surface area (Å²) in [5.74, 6) is 0. The summed E-state index contributed by atoms with van der Waals surface area (Å²) < 4.78 is 38.3. The molecule has 0 saturated carbocycles. The van der Waals surface area contributed by atoms with Crippen molar-refractivity contribution in [3.05, 3.63) is 57.2 Å². The Morgan fingerprint density at radius 1 is 1.24 bits per heavy atom. The maximum absolute atomic E-state index is 12.4. The number of carbonyl (C=O) groups excluding carboxylic acids is 1. The van der Waals surface area contributed by atoms with E-state index in [1.807, 2.05) is 0 Å². The van der Waals surface area contributed by atoms with E-state index in [1.54, 1.807) is 0 Å². The van der Waals surface area contributed by atoms with Crippen molar-refractivity contribution >= 4 is 27.6 Å². The number of nitrogens with one attached hydrogen (secondary N) is 1. The Labute approximate surface area is 124 Å². The number of amides is 1. The first-order chi connectivity index (χ1) is 9.77. The predicted octanol–water partition coefficient (Wildman–Crippen LogP) is 3.10. The van der Waals surface area contributed by atoms with Crippen LogP contribution in [0.1, 0.15) is 5.56 Å². The fourth-order valence-corrected chi connectivity index (χ4v) is 1.77. The second-order valence-electron chi connectivity index (χ2n) is 3.93. The lowest BCUT2D eigenvalue weighted by Crippen LogP contribution is -2.32. The molecule has 1 heterocycles. The van der Waals surface area contributed by atoms with Crippen LogP contribution < -0.4 is 11.0 Å². The van der Waals surface area contributed by atoms with Gasteiger partial charge in [0.15, 0.2) is 0 Å². The Morgan fingerprint density at radius 3 is 2.43 bits per heavy atom. The Kier molecular flexibility index (Phi) is 4.12. The molecule has 0 saturated heterocycles. The van der Waals surface area contributed by atoms with Gasteiger partial charge in [0.25, 0.3) is 0 Å². The molecule has 110 valence electrons. The van der Waals surface area contributed by atoms with E-state index in [4.69, 9.17) is 0 Å². The standard InChI is InChI=1S/C12H7BrF3N3O2/c13-8-5-17-10(20)19(6-8)11(21)18-9-3-1-7(2-4-9)12(14,15)16/h1-6H,(H,18,21). The summed E-state index contributed by atoms with van der Waals surface area (Å²) in [6.07, 6.45) is -2.02. The van der Waals surface area contributed by atoms with Crippen LogP contribution in [0.5, 0.6) is 0 Å². The fraction of sp³-hybridized carbons (Fsp3) is 0.0833. The van der Waals surface area contributed by atoms with Crippen molar-refractivity contribution in [3.8, 4) is 0 Å². The van der Waals surface area contributed by atoms with Crippen LogP contribution in [0.15, 0.2) is 45.9 Å². The SMILES string of the molecule is O=C(Nc1ccc(C(F)(F)F)cc1)n1cc(Br)cnc1=O. The molecular formula is C12H7BrF3N3O2. The molecule has 5 nitrogen and oxygen atoms in total. The highest BCUT2D eigenvalue weighted by Gasteiger charge is 2.30. The summed E-state index contributed by atoms with van der Waals surface area (Å²) in [5, 5.41) is 2.30. The van der Waals surface area contributed by atoms with Crippen LogP contribution in [0.25, 0.3) is 0 Å². The second-order valence-corrected chi connectivity index (χ2v) is 4.85. The van der Waals surface area contributed by atoms with Crippen LogP contribution in [0, 0.1) is 0 Å². The highest BCUT2D eigenvalue weighted by atomic mass is 79.9. The van der Waals surface area contributed by atoms with E-state index >= 15 is 0 Å². The van der Waals surface area contributed by atoms with Gasteiger partial charge in [-0.15, -0.1) is 0 Å². The zero-order chi connectivity index (χ0) is 15.6. The van der Waals surface area contributed by atoms with Crippen molar-refractivity contribution in [1.82, 2.24) is 9.55 Å². The Balaban J connectivity index is 2.20. The number of anilines is 1. The minimum Gasteiger partial charge on any atom is -0.307 e. The normalized spacial score (nSPS) is 11.2. The molecular weight excluding hydrogens is 355 g/mol. The lowest BCUT2D eigenvalue weighted by molar-refractivity contribution is -0.137. The maximum atomic E-state index is 12.4. The maximum Gasteiger partial charge on any atom is 0.416 e. The molecule has 1 amide bonds. The Bertz CT molecular complexity index is 726. The highest BCUT2D eigenvalue weighted by Crippen LogP contribution is 2.29. The van der Waals surface area contributed by atoms with Crippen molar-refractivity contribution in [2.75, 3.05) is 5.32 Å². The van der Waals surface area contributed by atoms with E-state index in [2.05, 4.69) is 26.2 Å². The number of carbonyl (C=O) groups is 1. The van der Waals surface area contributed by atoms with Gasteiger partial charge in [-0.05, 0) is 40.2 Å². The monoisotopic (exact) mass is 361 g/mol. The Morgan fingerprint density at radius 2 is 1.86 bits per heavy atom. The summed E-state index contributed by atoms with van der Waals surface area (Å²) in [6, 6.07) is 3.03. The summed E-state index contributed by atoms with van der Waals surface area (Å²) in [4.78, 5) is 26.7. The number of hydrogen-bond donors (Lipinski definition) is 1. The molecule has 0 aliphatic rings. The number of rotatable bonds is 1. The number of aromatic nitrogens is 2. The minimum atomic E-state index is -4.45. The zero-order valence-electron chi connectivity index (χ0n) is 10.2. The van der Waals surface area contributed by atoms with E-state index in [1.165, 1.54) is 12.4 Å². The second kappa shape index (κ2) is 5.68. The van der Waals surface area contributed by atoms with Crippen molar-refractivity contribution in [2.45, 2.75) is 6.18 Å². The van der Waals surface area contributed by atoms with Gasteiger partial charge >= 0.3 is 17.9 Å². The van der Waals surface area contributed by atoms with Crippen LogP contribution in [0.3, 0.4) is 0 Å². The van der Waals surface area contributed by atoms with Gasteiger partial charge < -0.3 is 5.32 Å². The van der Waals surface area contributed by atoms with Gasteiger partial charge in [0.05, 0.1) is 10.0 Å². The summed E-state index contributed by atoms with van der Waals surface area (Å²) in [7, 11) is 0. The molecule has 0 spiro atoms. The van der Waals surface area contributed by atoms with E-state index < -0.39 is 23.5 Å². The van der Waals surface area contributed by atoms with E-state index in [9.17, 15) is 22.8 Å². The van der Waals surface area contributed by atoms with Crippen molar-refractivity contribution < 1.29 is 18.0 Å². The molecule has 0 aliphatic heterocycles. The van der Waals surface area contributed by atoms with Gasteiger partial charge in [0.2, 0.25) is 0 Å². The first-order valence-electron chi connectivity index (χ1n) is 5.50. The fourth-order valence-electron chi connectivity index (χ4n) is 1.46. The van der Waals surface area contributed by atoms with Gasteiger partial charge in [-0.3, -0.25) is 0 Å². The zero-order valence-corrected chi connectivity index (χ0v) is 11.8. The minimum absolute atomic E-state index is 0.125. The summed E-state index contributed by atoms with van der Waals surface area (Å²) >= 11 is 3.05. The third-order valence-corrected chi connectivity index (χ3v) is 2.85. The molecule has 1 aromatic heterocycles. The quantitative estimate of drug-likeness (QED) is 0.848. The van der Waals surface area contributed by atoms with Gasteiger partial charge in [-0.25, -0.2) is 14.2 Å². The van der Waals surface area contributed by atoms with Crippen LogP contribution in [-0.4, -0.2) is 15.6 Å². The van der Waals surface area contributed by atoms with E-state index in [-0.39, 0.29) is 5.69 Å². The number of benzene rings is 1. The van der Waals surface area contributed by atoms with Crippen LogP contribution >= 0.6 is 15.9 Å². The predicted molar refractivity (Wildman–Crippen MR) is 72.1 cm³/mol. The third-order valence-electron chi connectivity index (χ3n) is 2.44. The van der Waals surface area contributed by atoms with Crippen molar-refractivity contribution in [3.63, 3.8) is 0 Å². The molecule has 0 bridgehead atoms. The van der Waals surface area contributed by atoms with Crippen LogP contribution in [-0.2, 0) is 6.18 Å². The topological polar surface area (TPSA) is 64.0 Å². The highest BCUT2D eigenvalue weighted by molar-refractivity contribution is 9.10. The lowest BCUT2D eigenvalue weighted by atomic mass is 10.2. The number of halogens is 4. The van der Waals surface area contributed by atoms with Crippen LogP contribution in [0.2, 0.25) is 0 Å². The molecule has 0 radical (unpaired) electrons. The molecule has 0 fully saturated rings. The van der Waals surface area contributed by atoms with Gasteiger partial charge in [0, 0.05) is 18.1 Å². The molecule has 0 atom stereocenters. The number of alkyl halides is 3. The summed E-state index contributed by atoms with van der Waals surface area (Å²) in [5.41, 5.74) is -1.51.